The van der Waals surface area contributed by atoms with E-state index in [2.05, 4.69) is 27.3 Å². The number of alkyl halides is 6. The van der Waals surface area contributed by atoms with Crippen LogP contribution in [0.15, 0.2) is 47.3 Å². The SMILES string of the molecule is O=C(NC[C@]12COC[C@H]1CN(Cc1ccncc1)C2)c1ccco1.O=C(O)C(F)(F)F.O=C(O)C(F)(F)F. The number of nitrogens with one attached hydrogen (secondary N) is 1. The highest BCUT2D eigenvalue weighted by Crippen LogP contribution is 2.41. The molecule has 210 valence electrons. The van der Waals surface area contributed by atoms with Gasteiger partial charge in [-0.3, -0.25) is 14.7 Å². The molecule has 0 aromatic carbocycles. The zero-order chi connectivity index (χ0) is 28.6. The molecule has 0 saturated carbocycles. The molecule has 0 unspecified atom stereocenters. The van der Waals surface area contributed by atoms with E-state index in [1.165, 1.54) is 11.8 Å². The fraction of sp³-hybridized carbons (Fsp3) is 0.455. The summed E-state index contributed by atoms with van der Waals surface area (Å²) in [5, 5.41) is 17.3. The number of carboxylic acids is 2. The van der Waals surface area contributed by atoms with Gasteiger partial charge in [0.15, 0.2) is 5.76 Å². The maximum atomic E-state index is 12.2. The first kappa shape index (κ1) is 30.6. The van der Waals surface area contributed by atoms with Crippen molar-refractivity contribution in [2.45, 2.75) is 18.9 Å². The number of furan rings is 1. The van der Waals surface area contributed by atoms with Gasteiger partial charge in [-0.1, -0.05) is 0 Å². The molecule has 10 nitrogen and oxygen atoms in total. The molecular formula is C22H23F6N3O7. The quantitative estimate of drug-likeness (QED) is 0.475. The normalized spacial score (nSPS) is 20.8. The lowest BCUT2D eigenvalue weighted by Gasteiger charge is -2.27. The second-order valence-electron chi connectivity index (χ2n) is 8.37. The Bertz CT molecular complexity index is 1040. The lowest BCUT2D eigenvalue weighted by molar-refractivity contribution is -0.193. The number of likely N-dealkylation sites (tertiary alicyclic amines) is 1. The van der Waals surface area contributed by atoms with Crippen molar-refractivity contribution in [1.29, 1.82) is 0 Å². The zero-order valence-electron chi connectivity index (χ0n) is 19.5. The first-order chi connectivity index (χ1) is 17.6. The van der Waals surface area contributed by atoms with Crippen molar-refractivity contribution in [3.8, 4) is 0 Å². The number of fused-ring (bicyclic) bond motifs is 1. The zero-order valence-corrected chi connectivity index (χ0v) is 19.5. The first-order valence-electron chi connectivity index (χ1n) is 10.7. The number of carboxylic acid groups (broad SMARTS) is 2. The molecule has 2 saturated heterocycles. The Morgan fingerprint density at radius 2 is 1.63 bits per heavy atom. The molecule has 2 aliphatic rings. The molecule has 0 spiro atoms. The summed E-state index contributed by atoms with van der Waals surface area (Å²) in [4.78, 5) is 36.5. The predicted octanol–water partition coefficient (Wildman–Crippen LogP) is 2.82. The summed E-state index contributed by atoms with van der Waals surface area (Å²) in [6.07, 6.45) is -5.00. The summed E-state index contributed by atoms with van der Waals surface area (Å²) >= 11 is 0. The lowest BCUT2D eigenvalue weighted by Crippen LogP contribution is -2.43. The second kappa shape index (κ2) is 12.7. The van der Waals surface area contributed by atoms with Crippen molar-refractivity contribution in [3.63, 3.8) is 0 Å². The van der Waals surface area contributed by atoms with Gasteiger partial charge in [0.25, 0.3) is 5.91 Å². The topological polar surface area (TPSA) is 142 Å². The third-order valence-electron chi connectivity index (χ3n) is 5.58. The highest BCUT2D eigenvalue weighted by Gasteiger charge is 2.50. The van der Waals surface area contributed by atoms with Crippen molar-refractivity contribution in [2.75, 3.05) is 32.8 Å². The fourth-order valence-electron chi connectivity index (χ4n) is 3.81. The van der Waals surface area contributed by atoms with Crippen LogP contribution in [0.25, 0.3) is 0 Å². The summed E-state index contributed by atoms with van der Waals surface area (Å²) in [6.45, 7) is 4.92. The third-order valence-corrected chi connectivity index (χ3v) is 5.58. The minimum absolute atomic E-state index is 0.00468. The van der Waals surface area contributed by atoms with Gasteiger partial charge in [-0.25, -0.2) is 9.59 Å². The van der Waals surface area contributed by atoms with Gasteiger partial charge in [0.05, 0.1) is 19.5 Å². The number of rotatable bonds is 5. The summed E-state index contributed by atoms with van der Waals surface area (Å²) in [6, 6.07) is 7.51. The summed E-state index contributed by atoms with van der Waals surface area (Å²) < 4.78 is 74.4. The van der Waals surface area contributed by atoms with Crippen LogP contribution in [0.4, 0.5) is 26.3 Å². The van der Waals surface area contributed by atoms with Gasteiger partial charge < -0.3 is 24.7 Å². The number of nitrogens with zero attached hydrogens (tertiary/aromatic N) is 2. The monoisotopic (exact) mass is 555 g/mol. The molecule has 16 heteroatoms. The van der Waals surface area contributed by atoms with Gasteiger partial charge in [0.2, 0.25) is 0 Å². The van der Waals surface area contributed by atoms with Crippen LogP contribution < -0.4 is 5.32 Å². The molecule has 2 aliphatic heterocycles. The largest absolute Gasteiger partial charge is 0.490 e. The molecule has 2 fully saturated rings. The minimum Gasteiger partial charge on any atom is -0.475 e. The molecule has 0 bridgehead atoms. The number of halogens is 6. The van der Waals surface area contributed by atoms with Gasteiger partial charge in [-0.2, -0.15) is 26.3 Å². The van der Waals surface area contributed by atoms with Crippen LogP contribution in [0.1, 0.15) is 16.1 Å². The van der Waals surface area contributed by atoms with Crippen LogP contribution in [0, 0.1) is 11.3 Å². The van der Waals surface area contributed by atoms with E-state index in [4.69, 9.17) is 29.0 Å². The van der Waals surface area contributed by atoms with Crippen molar-refractivity contribution in [2.24, 2.45) is 11.3 Å². The maximum absolute atomic E-state index is 12.2. The van der Waals surface area contributed by atoms with Crippen molar-refractivity contribution in [3.05, 3.63) is 54.2 Å². The number of hydrogen-bond acceptors (Lipinski definition) is 7. The first-order valence-corrected chi connectivity index (χ1v) is 10.7. The smallest absolute Gasteiger partial charge is 0.475 e. The molecule has 4 heterocycles. The maximum Gasteiger partial charge on any atom is 0.490 e. The summed E-state index contributed by atoms with van der Waals surface area (Å²) in [5.41, 5.74) is 1.26. The van der Waals surface area contributed by atoms with Crippen LogP contribution in [0.5, 0.6) is 0 Å². The van der Waals surface area contributed by atoms with Crippen molar-refractivity contribution < 1.29 is 60.1 Å². The van der Waals surface area contributed by atoms with E-state index in [1.54, 1.807) is 12.1 Å². The number of carbonyl (C=O) groups is 3. The van der Waals surface area contributed by atoms with Gasteiger partial charge in [-0.05, 0) is 29.8 Å². The fourth-order valence-corrected chi connectivity index (χ4v) is 3.81. The average molecular weight is 555 g/mol. The molecule has 2 aromatic heterocycles. The van der Waals surface area contributed by atoms with Crippen molar-refractivity contribution >= 4 is 17.8 Å². The minimum atomic E-state index is -5.08. The van der Waals surface area contributed by atoms with Crippen LogP contribution in [-0.4, -0.2) is 83.1 Å². The molecule has 38 heavy (non-hydrogen) atoms. The van der Waals surface area contributed by atoms with Crippen LogP contribution in [0.3, 0.4) is 0 Å². The Kier molecular flexibility index (Phi) is 10.2. The molecule has 0 aliphatic carbocycles. The van der Waals surface area contributed by atoms with Gasteiger partial charge in [0.1, 0.15) is 0 Å². The van der Waals surface area contributed by atoms with E-state index in [9.17, 15) is 31.1 Å². The predicted molar refractivity (Wildman–Crippen MR) is 115 cm³/mol. The van der Waals surface area contributed by atoms with Gasteiger partial charge >= 0.3 is 24.3 Å². The highest BCUT2D eigenvalue weighted by molar-refractivity contribution is 5.91. The van der Waals surface area contributed by atoms with Crippen LogP contribution in [-0.2, 0) is 20.9 Å². The van der Waals surface area contributed by atoms with Crippen LogP contribution >= 0.6 is 0 Å². The molecule has 1 amide bonds. The van der Waals surface area contributed by atoms with E-state index in [0.717, 1.165) is 26.2 Å². The average Bonchev–Trinajstić information content (AvgIpc) is 3.54. The highest BCUT2D eigenvalue weighted by atomic mass is 19.4. The van der Waals surface area contributed by atoms with Gasteiger partial charge in [-0.15, -0.1) is 0 Å². The molecule has 2 atom stereocenters. The Hall–Kier alpha value is -3.66. The van der Waals surface area contributed by atoms with E-state index in [1.807, 2.05) is 12.4 Å². The van der Waals surface area contributed by atoms with Crippen molar-refractivity contribution in [1.82, 2.24) is 15.2 Å². The van der Waals surface area contributed by atoms with E-state index in [0.29, 0.717) is 24.8 Å². The Morgan fingerprint density at radius 3 is 2.13 bits per heavy atom. The molecule has 2 aromatic rings. The molecule has 0 radical (unpaired) electrons. The molecular weight excluding hydrogens is 532 g/mol. The van der Waals surface area contributed by atoms with E-state index in [-0.39, 0.29) is 11.3 Å². The van der Waals surface area contributed by atoms with Crippen LogP contribution in [0.2, 0.25) is 0 Å². The third kappa shape index (κ3) is 9.02. The number of hydrogen-bond donors (Lipinski definition) is 3. The Balaban J connectivity index is 0.000000301. The van der Waals surface area contributed by atoms with Gasteiger partial charge in [0, 0.05) is 49.9 Å². The number of aliphatic carboxylic acids is 2. The molecule has 4 rings (SSSR count). The Morgan fingerprint density at radius 1 is 1.05 bits per heavy atom. The number of pyridine rings is 1. The van der Waals surface area contributed by atoms with E-state index >= 15 is 0 Å². The Labute approximate surface area is 211 Å². The number of aromatic nitrogens is 1. The number of carbonyl (C=O) groups excluding carboxylic acids is 1. The summed E-state index contributed by atoms with van der Waals surface area (Å²) in [7, 11) is 0. The number of amides is 1. The standard InChI is InChI=1S/C18H21N3O3.2C2HF3O2/c22-17(16-2-1-7-24-16)20-11-18-12-21(9-15(18)10-23-13-18)8-14-3-5-19-6-4-14;2*3-2(4,5)1(6)7/h1-7,15H,8-13H2,(H,20,22);2*(H,6,7)/t15-,18+;;/m1../s1. The lowest BCUT2D eigenvalue weighted by atomic mass is 9.81. The number of ether oxygens (including phenoxy) is 1. The van der Waals surface area contributed by atoms with E-state index < -0.39 is 24.3 Å². The molecule has 3 N–H and O–H groups in total. The summed E-state index contributed by atoms with van der Waals surface area (Å²) in [5.74, 6) is -4.86. The second-order valence-corrected chi connectivity index (χ2v) is 8.37.